The summed E-state index contributed by atoms with van der Waals surface area (Å²) in [6.07, 6.45) is 8.04. The zero-order valence-corrected chi connectivity index (χ0v) is 19.2. The van der Waals surface area contributed by atoms with Crippen molar-refractivity contribution >= 4 is 17.5 Å². The molecule has 2 fully saturated rings. The number of piperidine rings is 1. The van der Waals surface area contributed by atoms with E-state index in [1.807, 2.05) is 24.0 Å². The smallest absolute Gasteiger partial charge is 0.254 e. The topological polar surface area (TPSA) is 51.7 Å². The highest BCUT2D eigenvalue weighted by molar-refractivity contribution is 6.29. The lowest BCUT2D eigenvalue weighted by Crippen LogP contribution is -2.39. The minimum absolute atomic E-state index is 0.0440. The molecular weight excluding hydrogens is 412 g/mol. The van der Waals surface area contributed by atoms with Crippen LogP contribution < -0.4 is 9.47 Å². The fourth-order valence-electron chi connectivity index (χ4n) is 4.73. The third-order valence-corrected chi connectivity index (χ3v) is 6.61. The van der Waals surface area contributed by atoms with Gasteiger partial charge in [0.2, 0.25) is 0 Å². The Kier molecular flexibility index (Phi) is 7.01. The Labute approximate surface area is 189 Å². The number of ether oxygens (including phenoxy) is 2. The van der Waals surface area contributed by atoms with Gasteiger partial charge in [-0.1, -0.05) is 17.7 Å². The molecule has 1 aliphatic carbocycles. The minimum atomic E-state index is 0.0440. The molecular formula is C25H31ClN2O3. The van der Waals surface area contributed by atoms with Crippen molar-refractivity contribution in [2.45, 2.75) is 58.0 Å². The Balaban J connectivity index is 1.35. The number of amides is 1. The summed E-state index contributed by atoms with van der Waals surface area (Å²) >= 11 is 6.03. The highest BCUT2D eigenvalue weighted by Gasteiger charge is 2.25. The number of aromatic nitrogens is 1. The van der Waals surface area contributed by atoms with Crippen LogP contribution in [0.4, 0.5) is 0 Å². The van der Waals surface area contributed by atoms with E-state index in [0.717, 1.165) is 62.4 Å². The molecule has 0 spiro atoms. The summed E-state index contributed by atoms with van der Waals surface area (Å²) in [5.41, 5.74) is 2.66. The van der Waals surface area contributed by atoms with Crippen molar-refractivity contribution in [3.63, 3.8) is 0 Å². The van der Waals surface area contributed by atoms with E-state index in [0.29, 0.717) is 22.7 Å². The van der Waals surface area contributed by atoms with Gasteiger partial charge in [0.25, 0.3) is 5.91 Å². The van der Waals surface area contributed by atoms with Crippen LogP contribution in [-0.2, 0) is 6.42 Å². The van der Waals surface area contributed by atoms with Crippen LogP contribution in [0, 0.1) is 12.8 Å². The molecule has 1 saturated heterocycles. The van der Waals surface area contributed by atoms with Gasteiger partial charge in [-0.15, -0.1) is 0 Å². The van der Waals surface area contributed by atoms with Gasteiger partial charge in [-0.2, -0.15) is 0 Å². The zero-order valence-electron chi connectivity index (χ0n) is 18.4. The van der Waals surface area contributed by atoms with Crippen molar-refractivity contribution in [3.8, 4) is 11.5 Å². The van der Waals surface area contributed by atoms with Crippen molar-refractivity contribution in [1.82, 2.24) is 9.88 Å². The van der Waals surface area contributed by atoms with Gasteiger partial charge in [0.1, 0.15) is 5.15 Å². The van der Waals surface area contributed by atoms with E-state index < -0.39 is 0 Å². The summed E-state index contributed by atoms with van der Waals surface area (Å²) in [6, 6.07) is 9.78. The Morgan fingerprint density at radius 1 is 1.10 bits per heavy atom. The number of hydrogen-bond donors (Lipinski definition) is 0. The molecule has 2 aliphatic rings. The third-order valence-electron chi connectivity index (χ3n) is 6.42. The van der Waals surface area contributed by atoms with Crippen LogP contribution in [0.15, 0.2) is 30.3 Å². The number of aryl methyl sites for hydroxylation is 1. The average Bonchev–Trinajstić information content (AvgIpc) is 3.26. The first kappa shape index (κ1) is 21.9. The first-order valence-corrected chi connectivity index (χ1v) is 11.7. The number of rotatable bonds is 6. The number of likely N-dealkylation sites (tertiary alicyclic amines) is 1. The number of carbonyl (C=O) groups is 1. The predicted molar refractivity (Wildman–Crippen MR) is 122 cm³/mol. The van der Waals surface area contributed by atoms with E-state index in [1.165, 1.54) is 18.4 Å². The fraction of sp³-hybridized carbons (Fsp3) is 0.520. The van der Waals surface area contributed by atoms with Gasteiger partial charge in [-0.3, -0.25) is 4.79 Å². The van der Waals surface area contributed by atoms with Crippen LogP contribution in [0.3, 0.4) is 0 Å². The van der Waals surface area contributed by atoms with Crippen LogP contribution >= 0.6 is 11.6 Å². The third kappa shape index (κ3) is 5.51. The van der Waals surface area contributed by atoms with E-state index in [1.54, 1.807) is 13.2 Å². The van der Waals surface area contributed by atoms with Gasteiger partial charge in [0.05, 0.1) is 13.2 Å². The molecule has 6 heteroatoms. The summed E-state index contributed by atoms with van der Waals surface area (Å²) < 4.78 is 11.8. The molecule has 0 unspecified atom stereocenters. The highest BCUT2D eigenvalue weighted by atomic mass is 35.5. The second kappa shape index (κ2) is 9.90. The Bertz CT molecular complexity index is 899. The first-order chi connectivity index (χ1) is 15.0. The lowest BCUT2D eigenvalue weighted by Gasteiger charge is -2.32. The molecule has 0 radical (unpaired) electrons. The number of pyridine rings is 1. The van der Waals surface area contributed by atoms with Crippen LogP contribution in [0.25, 0.3) is 0 Å². The van der Waals surface area contributed by atoms with Crippen LogP contribution in [0.5, 0.6) is 11.5 Å². The van der Waals surface area contributed by atoms with Gasteiger partial charge < -0.3 is 14.4 Å². The molecule has 1 amide bonds. The predicted octanol–water partition coefficient (Wildman–Crippen LogP) is 5.47. The van der Waals surface area contributed by atoms with E-state index in [4.69, 9.17) is 21.1 Å². The van der Waals surface area contributed by atoms with Crippen LogP contribution in [-0.4, -0.2) is 42.1 Å². The Morgan fingerprint density at radius 2 is 1.84 bits per heavy atom. The second-order valence-electron chi connectivity index (χ2n) is 8.77. The van der Waals surface area contributed by atoms with Crippen LogP contribution in [0.1, 0.15) is 60.1 Å². The van der Waals surface area contributed by atoms with Gasteiger partial charge >= 0.3 is 0 Å². The molecule has 4 rings (SSSR count). The molecule has 166 valence electrons. The number of carbonyl (C=O) groups excluding carboxylic acids is 1. The summed E-state index contributed by atoms with van der Waals surface area (Å²) in [5, 5.41) is 0.369. The quantitative estimate of drug-likeness (QED) is 0.557. The maximum absolute atomic E-state index is 12.9. The molecule has 1 aromatic carbocycles. The first-order valence-electron chi connectivity index (χ1n) is 11.3. The number of hydrogen-bond acceptors (Lipinski definition) is 4. The minimum Gasteiger partial charge on any atom is -0.493 e. The molecule has 0 bridgehead atoms. The van der Waals surface area contributed by atoms with Crippen molar-refractivity contribution in [1.29, 1.82) is 0 Å². The fourth-order valence-corrected chi connectivity index (χ4v) is 4.98. The van der Waals surface area contributed by atoms with Crippen molar-refractivity contribution in [3.05, 3.63) is 52.3 Å². The standard InChI is InChI=1S/C25H31ClN2O3/c1-17-13-20(16-24(26)27-17)25(29)28-11-9-18(10-12-28)14-19-7-8-22(30-2)23(15-19)31-21-5-3-4-6-21/h7-8,13,15-16,18,21H,3-6,9-12,14H2,1-2H3. The highest BCUT2D eigenvalue weighted by Crippen LogP contribution is 2.34. The number of halogens is 1. The van der Waals surface area contributed by atoms with Gasteiger partial charge in [-0.25, -0.2) is 4.98 Å². The van der Waals surface area contributed by atoms with Crippen molar-refractivity contribution in [2.24, 2.45) is 5.92 Å². The summed E-state index contributed by atoms with van der Waals surface area (Å²) in [7, 11) is 1.70. The number of nitrogens with zero attached hydrogens (tertiary/aromatic N) is 2. The number of benzene rings is 1. The van der Waals surface area contributed by atoms with E-state index in [-0.39, 0.29) is 5.91 Å². The summed E-state index contributed by atoms with van der Waals surface area (Å²) in [4.78, 5) is 18.9. The van der Waals surface area contributed by atoms with Gasteiger partial charge in [-0.05, 0) is 87.6 Å². The lowest BCUT2D eigenvalue weighted by molar-refractivity contribution is 0.0690. The van der Waals surface area contributed by atoms with E-state index >= 15 is 0 Å². The largest absolute Gasteiger partial charge is 0.493 e. The Hall–Kier alpha value is -2.27. The van der Waals surface area contributed by atoms with Gasteiger partial charge in [0, 0.05) is 24.3 Å². The van der Waals surface area contributed by atoms with Gasteiger partial charge in [0.15, 0.2) is 11.5 Å². The summed E-state index contributed by atoms with van der Waals surface area (Å²) in [6.45, 7) is 3.39. The molecule has 1 saturated carbocycles. The molecule has 31 heavy (non-hydrogen) atoms. The molecule has 5 nitrogen and oxygen atoms in total. The van der Waals surface area contributed by atoms with Crippen molar-refractivity contribution < 1.29 is 14.3 Å². The number of methoxy groups -OCH3 is 1. The average molecular weight is 443 g/mol. The zero-order chi connectivity index (χ0) is 21.8. The van der Waals surface area contributed by atoms with E-state index in [9.17, 15) is 4.79 Å². The molecule has 1 aromatic heterocycles. The normalized spacial score (nSPS) is 17.7. The summed E-state index contributed by atoms with van der Waals surface area (Å²) in [5.74, 6) is 2.27. The monoisotopic (exact) mass is 442 g/mol. The molecule has 1 aliphatic heterocycles. The SMILES string of the molecule is COc1ccc(CC2CCN(C(=O)c3cc(C)nc(Cl)c3)CC2)cc1OC1CCCC1. The van der Waals surface area contributed by atoms with E-state index in [2.05, 4.69) is 17.1 Å². The van der Waals surface area contributed by atoms with Crippen molar-refractivity contribution in [2.75, 3.05) is 20.2 Å². The maximum atomic E-state index is 12.9. The molecule has 0 N–H and O–H groups in total. The molecule has 2 heterocycles. The Morgan fingerprint density at radius 3 is 2.52 bits per heavy atom. The molecule has 0 atom stereocenters. The second-order valence-corrected chi connectivity index (χ2v) is 9.16. The maximum Gasteiger partial charge on any atom is 0.254 e. The van der Waals surface area contributed by atoms with Crippen LogP contribution in [0.2, 0.25) is 5.15 Å². The molecule has 2 aromatic rings. The lowest BCUT2D eigenvalue weighted by atomic mass is 9.90.